The molecule has 5 heteroatoms. The molecule has 0 atom stereocenters. The molecule has 0 aliphatic carbocycles. The van der Waals surface area contributed by atoms with E-state index in [9.17, 15) is 4.79 Å². The van der Waals surface area contributed by atoms with Crippen LogP contribution >= 0.6 is 15.9 Å². The summed E-state index contributed by atoms with van der Waals surface area (Å²) in [6.45, 7) is 0. The number of nitrogens with one attached hydrogen (secondary N) is 1. The van der Waals surface area contributed by atoms with Crippen molar-refractivity contribution in [3.05, 3.63) is 52.5 Å². The number of hydrogen-bond donors (Lipinski definition) is 2. The van der Waals surface area contributed by atoms with E-state index in [4.69, 9.17) is 5.73 Å². The van der Waals surface area contributed by atoms with Gasteiger partial charge >= 0.3 is 0 Å². The van der Waals surface area contributed by atoms with Gasteiger partial charge in [0.15, 0.2) is 0 Å². The molecule has 2 rings (SSSR count). The fourth-order valence-electron chi connectivity index (χ4n) is 1.88. The van der Waals surface area contributed by atoms with E-state index < -0.39 is 0 Å². The minimum absolute atomic E-state index is 0.224. The van der Waals surface area contributed by atoms with E-state index in [-0.39, 0.29) is 5.91 Å². The molecular weight excluding hydrogens is 318 g/mol. The van der Waals surface area contributed by atoms with Gasteiger partial charge in [-0.2, -0.15) is 0 Å². The molecule has 104 valence electrons. The third-order valence-electron chi connectivity index (χ3n) is 2.89. The first-order valence-corrected chi connectivity index (χ1v) is 6.91. The standard InChI is InChI=1S/C15H16BrN3O/c1-19(2)14-6-4-3-5-13(14)18-15(20)11-9-10(16)7-8-12(11)17/h3-9H,17H2,1-2H3,(H,18,20). The number of anilines is 3. The summed E-state index contributed by atoms with van der Waals surface area (Å²) in [6.07, 6.45) is 0. The molecule has 3 N–H and O–H groups in total. The van der Waals surface area contributed by atoms with Crippen LogP contribution < -0.4 is 16.0 Å². The van der Waals surface area contributed by atoms with Crippen LogP contribution in [0.5, 0.6) is 0 Å². The summed E-state index contributed by atoms with van der Waals surface area (Å²) in [7, 11) is 3.86. The van der Waals surface area contributed by atoms with Gasteiger partial charge in [-0.25, -0.2) is 0 Å². The third kappa shape index (κ3) is 3.11. The summed E-state index contributed by atoms with van der Waals surface area (Å²) < 4.78 is 0.817. The molecule has 0 aliphatic heterocycles. The molecule has 0 radical (unpaired) electrons. The maximum Gasteiger partial charge on any atom is 0.257 e. The second-order valence-electron chi connectivity index (χ2n) is 4.60. The number of hydrogen-bond acceptors (Lipinski definition) is 3. The first-order chi connectivity index (χ1) is 9.49. The summed E-state index contributed by atoms with van der Waals surface area (Å²) in [5, 5.41) is 2.89. The van der Waals surface area contributed by atoms with Crippen molar-refractivity contribution < 1.29 is 4.79 Å². The molecule has 2 aromatic carbocycles. The predicted molar refractivity (Wildman–Crippen MR) is 87.3 cm³/mol. The lowest BCUT2D eigenvalue weighted by atomic mass is 10.1. The van der Waals surface area contributed by atoms with Crippen LogP contribution in [-0.4, -0.2) is 20.0 Å². The van der Waals surface area contributed by atoms with Gasteiger partial charge in [-0.1, -0.05) is 28.1 Å². The van der Waals surface area contributed by atoms with Crippen LogP contribution in [0.15, 0.2) is 46.9 Å². The van der Waals surface area contributed by atoms with Gasteiger partial charge in [-0.3, -0.25) is 4.79 Å². The van der Waals surface area contributed by atoms with Crippen LogP contribution in [0, 0.1) is 0 Å². The average molecular weight is 334 g/mol. The maximum atomic E-state index is 12.3. The molecule has 20 heavy (non-hydrogen) atoms. The largest absolute Gasteiger partial charge is 0.398 e. The summed E-state index contributed by atoms with van der Waals surface area (Å²) in [5.41, 5.74) is 8.44. The van der Waals surface area contributed by atoms with Crippen LogP contribution in [0.3, 0.4) is 0 Å². The molecule has 2 aromatic rings. The lowest BCUT2D eigenvalue weighted by molar-refractivity contribution is 0.102. The van der Waals surface area contributed by atoms with Crippen molar-refractivity contribution in [2.75, 3.05) is 30.0 Å². The van der Waals surface area contributed by atoms with Crippen molar-refractivity contribution in [1.82, 2.24) is 0 Å². The molecule has 1 amide bonds. The van der Waals surface area contributed by atoms with Crippen molar-refractivity contribution in [1.29, 1.82) is 0 Å². The number of carbonyl (C=O) groups is 1. The molecule has 4 nitrogen and oxygen atoms in total. The van der Waals surface area contributed by atoms with E-state index in [1.54, 1.807) is 18.2 Å². The Kier molecular flexibility index (Phi) is 4.29. The van der Waals surface area contributed by atoms with Crippen molar-refractivity contribution in [2.45, 2.75) is 0 Å². The minimum atomic E-state index is -0.224. The highest BCUT2D eigenvalue weighted by atomic mass is 79.9. The summed E-state index contributed by atoms with van der Waals surface area (Å²) in [4.78, 5) is 14.3. The summed E-state index contributed by atoms with van der Waals surface area (Å²) >= 11 is 3.34. The zero-order chi connectivity index (χ0) is 14.7. The molecule has 0 aromatic heterocycles. The Morgan fingerprint density at radius 3 is 2.60 bits per heavy atom. The Morgan fingerprint density at radius 2 is 1.90 bits per heavy atom. The van der Waals surface area contributed by atoms with Crippen LogP contribution in [0.4, 0.5) is 17.1 Å². The molecular formula is C15H16BrN3O. The number of benzene rings is 2. The third-order valence-corrected chi connectivity index (χ3v) is 3.39. The lowest BCUT2D eigenvalue weighted by Crippen LogP contribution is -2.17. The van der Waals surface area contributed by atoms with Crippen molar-refractivity contribution >= 4 is 38.9 Å². The molecule has 0 unspecified atom stereocenters. The van der Waals surface area contributed by atoms with Gasteiger partial charge in [0.2, 0.25) is 0 Å². The first-order valence-electron chi connectivity index (χ1n) is 6.12. The van der Waals surface area contributed by atoms with Crippen molar-refractivity contribution in [3.63, 3.8) is 0 Å². The quantitative estimate of drug-likeness (QED) is 0.847. The Hall–Kier alpha value is -2.01. The molecule has 0 bridgehead atoms. The molecule has 0 spiro atoms. The Labute approximate surface area is 126 Å². The van der Waals surface area contributed by atoms with E-state index in [2.05, 4.69) is 21.2 Å². The number of rotatable bonds is 3. The van der Waals surface area contributed by atoms with Crippen LogP contribution in [0.25, 0.3) is 0 Å². The predicted octanol–water partition coefficient (Wildman–Crippen LogP) is 3.35. The highest BCUT2D eigenvalue weighted by molar-refractivity contribution is 9.10. The minimum Gasteiger partial charge on any atom is -0.398 e. The Balaban J connectivity index is 2.31. The Bertz CT molecular complexity index is 641. The second kappa shape index (κ2) is 5.96. The first kappa shape index (κ1) is 14.4. The van der Waals surface area contributed by atoms with Gasteiger partial charge in [0.05, 0.1) is 16.9 Å². The normalized spacial score (nSPS) is 10.2. The van der Waals surface area contributed by atoms with E-state index in [1.165, 1.54) is 0 Å². The van der Waals surface area contributed by atoms with Gasteiger partial charge in [-0.15, -0.1) is 0 Å². The van der Waals surface area contributed by atoms with Gasteiger partial charge in [-0.05, 0) is 30.3 Å². The zero-order valence-electron chi connectivity index (χ0n) is 11.4. The maximum absolute atomic E-state index is 12.3. The van der Waals surface area contributed by atoms with Gasteiger partial charge < -0.3 is 16.0 Å². The lowest BCUT2D eigenvalue weighted by Gasteiger charge is -2.18. The molecule has 0 saturated heterocycles. The fraction of sp³-hybridized carbons (Fsp3) is 0.133. The highest BCUT2D eigenvalue weighted by Gasteiger charge is 2.13. The molecule has 0 aliphatic rings. The average Bonchev–Trinajstić information content (AvgIpc) is 2.41. The van der Waals surface area contributed by atoms with Crippen molar-refractivity contribution in [2.24, 2.45) is 0 Å². The Morgan fingerprint density at radius 1 is 1.20 bits per heavy atom. The number of halogens is 1. The van der Waals surface area contributed by atoms with Crippen molar-refractivity contribution in [3.8, 4) is 0 Å². The van der Waals surface area contributed by atoms with E-state index in [1.807, 2.05) is 43.3 Å². The molecule has 0 heterocycles. The smallest absolute Gasteiger partial charge is 0.257 e. The topological polar surface area (TPSA) is 58.4 Å². The number of amides is 1. The summed E-state index contributed by atoms with van der Waals surface area (Å²) in [6, 6.07) is 12.8. The van der Waals surface area contributed by atoms with E-state index in [0.29, 0.717) is 11.3 Å². The number of nitrogens with zero attached hydrogens (tertiary/aromatic N) is 1. The monoisotopic (exact) mass is 333 g/mol. The SMILES string of the molecule is CN(C)c1ccccc1NC(=O)c1cc(Br)ccc1N. The molecule has 0 fully saturated rings. The molecule has 0 saturated carbocycles. The van der Waals surface area contributed by atoms with Crippen LogP contribution in [0.2, 0.25) is 0 Å². The number of para-hydroxylation sites is 2. The van der Waals surface area contributed by atoms with Gasteiger partial charge in [0.1, 0.15) is 0 Å². The fourth-order valence-corrected chi connectivity index (χ4v) is 2.25. The highest BCUT2D eigenvalue weighted by Crippen LogP contribution is 2.25. The van der Waals surface area contributed by atoms with E-state index in [0.717, 1.165) is 15.8 Å². The zero-order valence-corrected chi connectivity index (χ0v) is 12.9. The van der Waals surface area contributed by atoms with Crippen LogP contribution in [0.1, 0.15) is 10.4 Å². The number of carbonyl (C=O) groups excluding carboxylic acids is 1. The van der Waals surface area contributed by atoms with E-state index >= 15 is 0 Å². The van der Waals surface area contributed by atoms with Gasteiger partial charge in [0, 0.05) is 24.3 Å². The second-order valence-corrected chi connectivity index (χ2v) is 5.51. The van der Waals surface area contributed by atoms with Gasteiger partial charge in [0.25, 0.3) is 5.91 Å². The number of nitrogen functional groups attached to an aromatic ring is 1. The van der Waals surface area contributed by atoms with Crippen LogP contribution in [-0.2, 0) is 0 Å². The number of nitrogens with two attached hydrogens (primary N) is 1. The summed E-state index contributed by atoms with van der Waals surface area (Å²) in [5.74, 6) is -0.224.